The predicted molar refractivity (Wildman–Crippen MR) is 111 cm³/mol. The lowest BCUT2D eigenvalue weighted by atomic mass is 10.1. The van der Waals surface area contributed by atoms with E-state index in [0.29, 0.717) is 34.5 Å². The number of aromatic nitrogens is 1. The summed E-state index contributed by atoms with van der Waals surface area (Å²) in [6.45, 7) is 0. The number of benzene rings is 2. The van der Waals surface area contributed by atoms with Crippen molar-refractivity contribution < 1.29 is 23.4 Å². The second-order valence-corrected chi connectivity index (χ2v) is 6.98. The van der Waals surface area contributed by atoms with Gasteiger partial charge in [0.1, 0.15) is 5.82 Å². The van der Waals surface area contributed by atoms with Gasteiger partial charge in [-0.1, -0.05) is 0 Å². The van der Waals surface area contributed by atoms with Crippen LogP contribution in [0.15, 0.2) is 41.8 Å². The molecular formula is C21H21FN2O4S. The first-order valence-electron chi connectivity index (χ1n) is 8.84. The average molecular weight is 416 g/mol. The number of amides is 1. The van der Waals surface area contributed by atoms with Crippen LogP contribution in [0.4, 0.5) is 9.52 Å². The van der Waals surface area contributed by atoms with Gasteiger partial charge < -0.3 is 19.5 Å². The van der Waals surface area contributed by atoms with Crippen LogP contribution in [0.1, 0.15) is 12.0 Å². The van der Waals surface area contributed by atoms with Gasteiger partial charge in [0.2, 0.25) is 11.7 Å². The van der Waals surface area contributed by atoms with Crippen molar-refractivity contribution in [1.82, 2.24) is 4.98 Å². The number of rotatable bonds is 8. The molecule has 0 aliphatic heterocycles. The number of halogens is 1. The van der Waals surface area contributed by atoms with Crippen molar-refractivity contribution in [2.75, 3.05) is 26.6 Å². The second-order valence-electron chi connectivity index (χ2n) is 6.13. The molecule has 152 valence electrons. The summed E-state index contributed by atoms with van der Waals surface area (Å²) in [5.74, 6) is 1.15. The van der Waals surface area contributed by atoms with E-state index in [2.05, 4.69) is 10.3 Å². The third-order valence-electron chi connectivity index (χ3n) is 4.26. The molecule has 1 aromatic heterocycles. The molecule has 6 nitrogen and oxygen atoms in total. The van der Waals surface area contributed by atoms with Crippen molar-refractivity contribution in [3.05, 3.63) is 53.2 Å². The Morgan fingerprint density at radius 2 is 1.72 bits per heavy atom. The molecule has 2 aromatic carbocycles. The van der Waals surface area contributed by atoms with Crippen LogP contribution in [0.5, 0.6) is 17.2 Å². The third-order valence-corrected chi connectivity index (χ3v) is 5.01. The highest BCUT2D eigenvalue weighted by Gasteiger charge is 2.14. The summed E-state index contributed by atoms with van der Waals surface area (Å²) < 4.78 is 29.0. The van der Waals surface area contributed by atoms with E-state index >= 15 is 0 Å². The summed E-state index contributed by atoms with van der Waals surface area (Å²) in [5, 5.41) is 5.12. The van der Waals surface area contributed by atoms with Crippen LogP contribution < -0.4 is 19.5 Å². The van der Waals surface area contributed by atoms with Gasteiger partial charge in [-0.25, -0.2) is 9.37 Å². The highest BCUT2D eigenvalue weighted by Crippen LogP contribution is 2.38. The van der Waals surface area contributed by atoms with Crippen LogP contribution in [-0.4, -0.2) is 32.2 Å². The first-order valence-corrected chi connectivity index (χ1v) is 9.72. The van der Waals surface area contributed by atoms with E-state index in [9.17, 15) is 9.18 Å². The lowest BCUT2D eigenvalue weighted by Crippen LogP contribution is -2.12. The van der Waals surface area contributed by atoms with Gasteiger partial charge in [-0.05, 0) is 48.4 Å². The number of carbonyl (C=O) groups is 1. The number of anilines is 1. The zero-order chi connectivity index (χ0) is 20.8. The van der Waals surface area contributed by atoms with Crippen molar-refractivity contribution in [3.8, 4) is 28.5 Å². The lowest BCUT2D eigenvalue weighted by molar-refractivity contribution is -0.116. The van der Waals surface area contributed by atoms with Gasteiger partial charge in [0.25, 0.3) is 0 Å². The Labute approximate surface area is 172 Å². The molecule has 29 heavy (non-hydrogen) atoms. The summed E-state index contributed by atoms with van der Waals surface area (Å²) in [7, 11) is 4.64. The van der Waals surface area contributed by atoms with E-state index in [1.165, 1.54) is 23.5 Å². The first kappa shape index (κ1) is 20.6. The number of hydrogen-bond acceptors (Lipinski definition) is 6. The molecule has 0 unspecified atom stereocenters. The number of carbonyl (C=O) groups excluding carboxylic acids is 1. The topological polar surface area (TPSA) is 69.7 Å². The van der Waals surface area contributed by atoms with Crippen molar-refractivity contribution in [1.29, 1.82) is 0 Å². The SMILES string of the molecule is COc1cc(CCC(=O)Nc2nc(-c3ccc(F)cc3)cs2)cc(OC)c1OC. The van der Waals surface area contributed by atoms with Gasteiger partial charge in [0.15, 0.2) is 16.6 Å². The second kappa shape index (κ2) is 9.38. The molecule has 0 radical (unpaired) electrons. The molecule has 0 aliphatic carbocycles. The molecule has 1 N–H and O–H groups in total. The number of thiazole rings is 1. The Morgan fingerprint density at radius 1 is 1.07 bits per heavy atom. The minimum Gasteiger partial charge on any atom is -0.493 e. The van der Waals surface area contributed by atoms with Crippen molar-refractivity contribution in [2.24, 2.45) is 0 Å². The van der Waals surface area contributed by atoms with E-state index in [-0.39, 0.29) is 18.1 Å². The summed E-state index contributed by atoms with van der Waals surface area (Å²) in [5.41, 5.74) is 2.37. The highest BCUT2D eigenvalue weighted by molar-refractivity contribution is 7.14. The molecule has 3 aromatic rings. The Balaban J connectivity index is 1.62. The van der Waals surface area contributed by atoms with Crippen LogP contribution in [0, 0.1) is 5.82 Å². The zero-order valence-corrected chi connectivity index (χ0v) is 17.1. The standard InChI is InChI=1S/C21H21FN2O4S/c1-26-17-10-13(11-18(27-2)20(17)28-3)4-9-19(25)24-21-23-16(12-29-21)14-5-7-15(22)8-6-14/h5-8,10-12H,4,9H2,1-3H3,(H,23,24,25). The van der Waals surface area contributed by atoms with Gasteiger partial charge in [0, 0.05) is 17.4 Å². The summed E-state index contributed by atoms with van der Waals surface area (Å²) in [6, 6.07) is 9.71. The Bertz CT molecular complexity index is 964. The molecule has 0 fully saturated rings. The summed E-state index contributed by atoms with van der Waals surface area (Å²) in [4.78, 5) is 16.7. The smallest absolute Gasteiger partial charge is 0.226 e. The Hall–Kier alpha value is -3.13. The Morgan fingerprint density at radius 3 is 2.31 bits per heavy atom. The van der Waals surface area contributed by atoms with Crippen molar-refractivity contribution in [3.63, 3.8) is 0 Å². The molecule has 3 rings (SSSR count). The number of hydrogen-bond donors (Lipinski definition) is 1. The highest BCUT2D eigenvalue weighted by atomic mass is 32.1. The minimum atomic E-state index is -0.302. The van der Waals surface area contributed by atoms with Crippen molar-refractivity contribution in [2.45, 2.75) is 12.8 Å². The number of aryl methyl sites for hydroxylation is 1. The van der Waals surface area contributed by atoms with Gasteiger partial charge in [-0.2, -0.15) is 0 Å². The largest absolute Gasteiger partial charge is 0.493 e. The molecule has 0 saturated heterocycles. The fourth-order valence-electron chi connectivity index (χ4n) is 2.80. The number of nitrogens with zero attached hydrogens (tertiary/aromatic N) is 1. The average Bonchev–Trinajstić information content (AvgIpc) is 3.20. The molecule has 8 heteroatoms. The van der Waals surface area contributed by atoms with Gasteiger partial charge in [-0.3, -0.25) is 4.79 Å². The van der Waals surface area contributed by atoms with Crippen LogP contribution in [0.25, 0.3) is 11.3 Å². The Kier molecular flexibility index (Phi) is 6.66. The van der Waals surface area contributed by atoms with Crippen LogP contribution >= 0.6 is 11.3 Å². The maximum absolute atomic E-state index is 13.0. The first-order chi connectivity index (χ1) is 14.0. The fraction of sp³-hybridized carbons (Fsp3) is 0.238. The third kappa shape index (κ3) is 5.03. The molecule has 1 heterocycles. The molecule has 1 amide bonds. The maximum Gasteiger partial charge on any atom is 0.226 e. The van der Waals surface area contributed by atoms with E-state index in [0.717, 1.165) is 11.1 Å². The summed E-state index contributed by atoms with van der Waals surface area (Å²) in [6.07, 6.45) is 0.767. The maximum atomic E-state index is 13.0. The number of methoxy groups -OCH3 is 3. The quantitative estimate of drug-likeness (QED) is 0.584. The molecule has 0 spiro atoms. The summed E-state index contributed by atoms with van der Waals surface area (Å²) >= 11 is 1.32. The molecular weight excluding hydrogens is 395 g/mol. The molecule has 0 aliphatic rings. The minimum absolute atomic E-state index is 0.154. The van der Waals surface area contributed by atoms with Gasteiger partial charge >= 0.3 is 0 Å². The molecule has 0 bridgehead atoms. The lowest BCUT2D eigenvalue weighted by Gasteiger charge is -2.14. The van der Waals surface area contributed by atoms with Crippen molar-refractivity contribution >= 4 is 22.4 Å². The monoisotopic (exact) mass is 416 g/mol. The van der Waals surface area contributed by atoms with Crippen LogP contribution in [0.3, 0.4) is 0 Å². The van der Waals surface area contributed by atoms with E-state index in [1.54, 1.807) is 33.5 Å². The van der Waals surface area contributed by atoms with E-state index in [4.69, 9.17) is 14.2 Å². The van der Waals surface area contributed by atoms with E-state index < -0.39 is 0 Å². The fourth-order valence-corrected chi connectivity index (χ4v) is 3.54. The van der Waals surface area contributed by atoms with Crippen LogP contribution in [0.2, 0.25) is 0 Å². The van der Waals surface area contributed by atoms with Gasteiger partial charge in [0.05, 0.1) is 27.0 Å². The van der Waals surface area contributed by atoms with E-state index in [1.807, 2.05) is 17.5 Å². The predicted octanol–water partition coefficient (Wildman–Crippen LogP) is 4.55. The zero-order valence-electron chi connectivity index (χ0n) is 16.3. The van der Waals surface area contributed by atoms with Gasteiger partial charge in [-0.15, -0.1) is 11.3 Å². The number of nitrogens with one attached hydrogen (secondary N) is 1. The molecule has 0 atom stereocenters. The van der Waals surface area contributed by atoms with Crippen LogP contribution in [-0.2, 0) is 11.2 Å². The normalized spacial score (nSPS) is 10.5. The number of ether oxygens (including phenoxy) is 3. The molecule has 0 saturated carbocycles.